The number of amides is 1. The number of rotatable bonds is 7. The van der Waals surface area contributed by atoms with E-state index in [1.165, 1.54) is 18.2 Å². The first-order valence-corrected chi connectivity index (χ1v) is 9.23. The molecule has 8 nitrogen and oxygen atoms in total. The Balaban J connectivity index is 2.13. The molecular formula is C15H25N3O5S. The third-order valence-electron chi connectivity index (χ3n) is 4.29. The zero-order chi connectivity index (χ0) is 18.2. The van der Waals surface area contributed by atoms with E-state index in [2.05, 4.69) is 10.5 Å². The van der Waals surface area contributed by atoms with Crippen LogP contribution in [0.2, 0.25) is 0 Å². The van der Waals surface area contributed by atoms with E-state index in [0.717, 1.165) is 6.42 Å². The van der Waals surface area contributed by atoms with Crippen LogP contribution in [0.25, 0.3) is 0 Å². The first kappa shape index (κ1) is 18.9. The molecule has 0 aromatic carbocycles. The van der Waals surface area contributed by atoms with Gasteiger partial charge in [-0.2, -0.15) is 0 Å². The molecule has 136 valence electrons. The van der Waals surface area contributed by atoms with Crippen molar-refractivity contribution in [1.29, 1.82) is 0 Å². The number of anilines is 1. The number of sulfonamides is 1. The van der Waals surface area contributed by atoms with Gasteiger partial charge in [-0.1, -0.05) is 19.0 Å². The van der Waals surface area contributed by atoms with Gasteiger partial charge >= 0.3 is 0 Å². The van der Waals surface area contributed by atoms with Crippen LogP contribution in [0.1, 0.15) is 39.8 Å². The van der Waals surface area contributed by atoms with Crippen molar-refractivity contribution in [1.82, 2.24) is 9.46 Å². The van der Waals surface area contributed by atoms with E-state index in [9.17, 15) is 13.2 Å². The minimum atomic E-state index is -3.71. The Bertz CT molecular complexity index is 704. The van der Waals surface area contributed by atoms with Crippen LogP contribution in [0.4, 0.5) is 5.88 Å². The van der Waals surface area contributed by atoms with Gasteiger partial charge in [-0.05, 0) is 20.3 Å². The SMILES string of the molecule is COCC(C)(C)c1cc(NC(=O)C(C)(C)S(=O)(=O)N2CCC2)on1. The number of nitrogens with one attached hydrogen (secondary N) is 1. The fourth-order valence-electron chi connectivity index (χ4n) is 2.32. The number of nitrogens with zero attached hydrogens (tertiary/aromatic N) is 2. The summed E-state index contributed by atoms with van der Waals surface area (Å²) in [5, 5.41) is 6.45. The van der Waals surface area contributed by atoms with Crippen LogP contribution in [0, 0.1) is 0 Å². The number of hydrogen-bond donors (Lipinski definition) is 1. The van der Waals surface area contributed by atoms with Gasteiger partial charge in [0.15, 0.2) is 4.75 Å². The van der Waals surface area contributed by atoms with Gasteiger partial charge in [0.1, 0.15) is 0 Å². The summed E-state index contributed by atoms with van der Waals surface area (Å²) >= 11 is 0. The Morgan fingerprint density at radius 2 is 2.00 bits per heavy atom. The number of carbonyl (C=O) groups excluding carboxylic acids is 1. The molecule has 0 bridgehead atoms. The molecule has 2 rings (SSSR count). The van der Waals surface area contributed by atoms with E-state index < -0.39 is 20.7 Å². The first-order valence-electron chi connectivity index (χ1n) is 7.79. The minimum absolute atomic E-state index is 0.117. The van der Waals surface area contributed by atoms with Crippen molar-refractivity contribution in [2.24, 2.45) is 0 Å². The fraction of sp³-hybridized carbons (Fsp3) is 0.733. The lowest BCUT2D eigenvalue weighted by molar-refractivity contribution is -0.118. The highest BCUT2D eigenvalue weighted by molar-refractivity contribution is 7.91. The van der Waals surface area contributed by atoms with Crippen LogP contribution in [0.5, 0.6) is 0 Å². The van der Waals surface area contributed by atoms with E-state index in [1.54, 1.807) is 13.2 Å². The molecule has 1 saturated heterocycles. The van der Waals surface area contributed by atoms with E-state index in [-0.39, 0.29) is 11.3 Å². The van der Waals surface area contributed by atoms with Crippen LogP contribution >= 0.6 is 0 Å². The lowest BCUT2D eigenvalue weighted by atomic mass is 9.90. The summed E-state index contributed by atoms with van der Waals surface area (Å²) in [4.78, 5) is 12.5. The molecule has 2 heterocycles. The average molecular weight is 359 g/mol. The molecule has 0 aliphatic carbocycles. The fourth-order valence-corrected chi connectivity index (χ4v) is 3.99. The number of methoxy groups -OCH3 is 1. The van der Waals surface area contributed by atoms with Gasteiger partial charge in [0, 0.05) is 31.7 Å². The van der Waals surface area contributed by atoms with Crippen molar-refractivity contribution in [3.63, 3.8) is 0 Å². The highest BCUT2D eigenvalue weighted by Crippen LogP contribution is 2.28. The predicted molar refractivity (Wildman–Crippen MR) is 89.2 cm³/mol. The second-order valence-corrected chi connectivity index (χ2v) is 9.60. The molecule has 0 spiro atoms. The van der Waals surface area contributed by atoms with E-state index in [4.69, 9.17) is 9.26 Å². The lowest BCUT2D eigenvalue weighted by Gasteiger charge is -2.36. The van der Waals surface area contributed by atoms with Gasteiger partial charge < -0.3 is 9.26 Å². The molecule has 24 heavy (non-hydrogen) atoms. The third-order valence-corrected chi connectivity index (χ3v) is 6.81. The molecule has 1 aromatic heterocycles. The van der Waals surface area contributed by atoms with Gasteiger partial charge in [0.25, 0.3) is 0 Å². The summed E-state index contributed by atoms with van der Waals surface area (Å²) in [6.45, 7) is 7.98. The standard InChI is InChI=1S/C15H25N3O5S/c1-14(2,10-22-5)11-9-12(23-17-11)16-13(19)15(3,4)24(20,21)18-7-6-8-18/h9H,6-8,10H2,1-5H3,(H,16,19). The normalized spacial score (nSPS) is 16.7. The zero-order valence-electron chi connectivity index (χ0n) is 14.7. The molecule has 1 fully saturated rings. The maximum Gasteiger partial charge on any atom is 0.249 e. The van der Waals surface area contributed by atoms with Crippen molar-refractivity contribution in [2.45, 2.75) is 44.3 Å². The first-order chi connectivity index (χ1) is 11.0. The van der Waals surface area contributed by atoms with E-state index in [0.29, 0.717) is 25.4 Å². The van der Waals surface area contributed by atoms with Crippen LogP contribution in [-0.2, 0) is 25.0 Å². The topological polar surface area (TPSA) is 102 Å². The minimum Gasteiger partial charge on any atom is -0.384 e. The molecular weight excluding hydrogens is 334 g/mol. The average Bonchev–Trinajstić information content (AvgIpc) is 2.85. The van der Waals surface area contributed by atoms with Crippen LogP contribution in [-0.4, -0.2) is 55.3 Å². The Hall–Kier alpha value is -1.45. The summed E-state index contributed by atoms with van der Waals surface area (Å²) in [5.74, 6) is -0.535. The Labute approximate surface area is 142 Å². The molecule has 0 saturated carbocycles. The second kappa shape index (κ2) is 6.45. The van der Waals surface area contributed by atoms with Gasteiger partial charge in [-0.15, -0.1) is 0 Å². The van der Waals surface area contributed by atoms with Crippen LogP contribution < -0.4 is 5.32 Å². The molecule has 9 heteroatoms. The zero-order valence-corrected chi connectivity index (χ0v) is 15.6. The Morgan fingerprint density at radius 1 is 1.38 bits per heavy atom. The van der Waals surface area contributed by atoms with E-state index >= 15 is 0 Å². The van der Waals surface area contributed by atoms with Crippen molar-refractivity contribution in [3.05, 3.63) is 11.8 Å². The predicted octanol–water partition coefficient (Wildman–Crippen LogP) is 1.35. The summed E-state index contributed by atoms with van der Waals surface area (Å²) < 4.78 is 35.0. The summed E-state index contributed by atoms with van der Waals surface area (Å²) in [7, 11) is -2.12. The van der Waals surface area contributed by atoms with Crippen LogP contribution in [0.15, 0.2) is 10.6 Å². The van der Waals surface area contributed by atoms with Crippen molar-refractivity contribution in [2.75, 3.05) is 32.1 Å². The van der Waals surface area contributed by atoms with E-state index in [1.807, 2.05) is 13.8 Å². The summed E-state index contributed by atoms with van der Waals surface area (Å²) in [5.41, 5.74) is 0.226. The van der Waals surface area contributed by atoms with Crippen molar-refractivity contribution < 1.29 is 22.5 Å². The van der Waals surface area contributed by atoms with Crippen molar-refractivity contribution in [3.8, 4) is 0 Å². The summed E-state index contributed by atoms with van der Waals surface area (Å²) in [6.07, 6.45) is 0.816. The molecule has 1 N–H and O–H groups in total. The molecule has 1 aromatic rings. The smallest absolute Gasteiger partial charge is 0.249 e. The molecule has 0 atom stereocenters. The largest absolute Gasteiger partial charge is 0.384 e. The number of hydrogen-bond acceptors (Lipinski definition) is 6. The van der Waals surface area contributed by atoms with Gasteiger partial charge in [0.05, 0.1) is 12.3 Å². The Morgan fingerprint density at radius 3 is 2.50 bits per heavy atom. The van der Waals surface area contributed by atoms with Crippen molar-refractivity contribution >= 4 is 21.8 Å². The maximum atomic E-state index is 12.5. The Kier molecular flexibility index (Phi) is 5.08. The number of carbonyl (C=O) groups is 1. The van der Waals surface area contributed by atoms with Gasteiger partial charge in [-0.25, -0.2) is 12.7 Å². The second-order valence-electron chi connectivity index (χ2n) is 7.12. The molecule has 0 radical (unpaired) electrons. The molecule has 0 unspecified atom stereocenters. The number of ether oxygens (including phenoxy) is 1. The highest BCUT2D eigenvalue weighted by Gasteiger charge is 2.47. The molecule has 1 aliphatic heterocycles. The summed E-state index contributed by atoms with van der Waals surface area (Å²) in [6, 6.07) is 1.59. The third kappa shape index (κ3) is 3.33. The monoisotopic (exact) mass is 359 g/mol. The van der Waals surface area contributed by atoms with Gasteiger partial charge in [-0.3, -0.25) is 10.1 Å². The molecule has 1 aliphatic rings. The number of aromatic nitrogens is 1. The molecule has 1 amide bonds. The maximum absolute atomic E-state index is 12.5. The highest BCUT2D eigenvalue weighted by atomic mass is 32.2. The quantitative estimate of drug-likeness (QED) is 0.788. The lowest BCUT2D eigenvalue weighted by Crippen LogP contribution is -2.55. The van der Waals surface area contributed by atoms with Crippen LogP contribution in [0.3, 0.4) is 0 Å². The van der Waals surface area contributed by atoms with Gasteiger partial charge in [0.2, 0.25) is 21.8 Å².